The van der Waals surface area contributed by atoms with Crippen LogP contribution in [-0.4, -0.2) is 41.4 Å². The van der Waals surface area contributed by atoms with Gasteiger partial charge in [-0.25, -0.2) is 0 Å². The lowest BCUT2D eigenvalue weighted by molar-refractivity contribution is -0.385. The van der Waals surface area contributed by atoms with Gasteiger partial charge >= 0.3 is 6.61 Å². The van der Waals surface area contributed by atoms with Gasteiger partial charge in [0.15, 0.2) is 11.5 Å². The van der Waals surface area contributed by atoms with Gasteiger partial charge in [-0.05, 0) is 0 Å². The summed E-state index contributed by atoms with van der Waals surface area (Å²) < 4.78 is 34.1. The van der Waals surface area contributed by atoms with Crippen LogP contribution in [0.3, 0.4) is 0 Å². The lowest BCUT2D eigenvalue weighted by atomic mass is 10.1. The Morgan fingerprint density at radius 3 is 2.28 bits per heavy atom. The number of nitrogens with zero attached hydrogens (tertiary/aromatic N) is 3. The Balaban J connectivity index is 2.43. The molecule has 10 nitrogen and oxygen atoms in total. The molecule has 0 fully saturated rings. The number of carbonyl (C=O) groups is 1. The number of benzene rings is 2. The standard InChI is InChI=1S/C17H15F2N3O7/c1-20(9-10-5-3-4-6-12(10)21(24)25)16(23)11-7-14(28-2)15(29-17(18)19)8-13(11)22(26)27/h3-8,17H,9H2,1-2H3. The molecule has 0 saturated heterocycles. The molecule has 0 saturated carbocycles. The summed E-state index contributed by atoms with van der Waals surface area (Å²) in [6.07, 6.45) is 0. The maximum absolute atomic E-state index is 12.8. The summed E-state index contributed by atoms with van der Waals surface area (Å²) in [7, 11) is 2.41. The van der Waals surface area contributed by atoms with E-state index in [4.69, 9.17) is 4.74 Å². The van der Waals surface area contributed by atoms with E-state index in [0.29, 0.717) is 6.07 Å². The number of hydrogen-bond acceptors (Lipinski definition) is 7. The predicted molar refractivity (Wildman–Crippen MR) is 95.2 cm³/mol. The smallest absolute Gasteiger partial charge is 0.387 e. The van der Waals surface area contributed by atoms with Crippen molar-refractivity contribution in [2.45, 2.75) is 13.2 Å². The topological polar surface area (TPSA) is 125 Å². The first-order valence-electron chi connectivity index (χ1n) is 7.94. The van der Waals surface area contributed by atoms with E-state index in [0.717, 1.165) is 18.1 Å². The molecule has 2 aromatic carbocycles. The number of ether oxygens (including phenoxy) is 2. The average molecular weight is 411 g/mol. The Morgan fingerprint density at radius 1 is 1.10 bits per heavy atom. The van der Waals surface area contributed by atoms with Gasteiger partial charge in [0.1, 0.15) is 5.56 Å². The third-order valence-corrected chi connectivity index (χ3v) is 3.87. The number of nitro benzene ring substituents is 2. The van der Waals surface area contributed by atoms with Gasteiger partial charge in [-0.2, -0.15) is 8.78 Å². The molecule has 0 bridgehead atoms. The summed E-state index contributed by atoms with van der Waals surface area (Å²) >= 11 is 0. The lowest BCUT2D eigenvalue weighted by Gasteiger charge is -2.18. The molecule has 0 radical (unpaired) electrons. The molecule has 1 amide bonds. The van der Waals surface area contributed by atoms with Crippen molar-refractivity contribution in [1.29, 1.82) is 0 Å². The maximum atomic E-state index is 12.8. The van der Waals surface area contributed by atoms with Gasteiger partial charge in [-0.3, -0.25) is 25.0 Å². The van der Waals surface area contributed by atoms with E-state index in [1.54, 1.807) is 6.07 Å². The highest BCUT2D eigenvalue weighted by Gasteiger charge is 2.28. The number of rotatable bonds is 8. The molecule has 12 heteroatoms. The van der Waals surface area contributed by atoms with Crippen LogP contribution in [0.4, 0.5) is 20.2 Å². The van der Waals surface area contributed by atoms with E-state index in [-0.39, 0.29) is 23.5 Å². The Labute approximate surface area is 162 Å². The molecule has 0 N–H and O–H groups in total. The summed E-state index contributed by atoms with van der Waals surface area (Å²) in [5.41, 5.74) is -1.24. The minimum absolute atomic E-state index is 0.209. The minimum Gasteiger partial charge on any atom is -0.493 e. The second-order valence-corrected chi connectivity index (χ2v) is 5.70. The summed E-state index contributed by atoms with van der Waals surface area (Å²) in [5.74, 6) is -1.78. The molecule has 0 unspecified atom stereocenters. The van der Waals surface area contributed by atoms with Crippen LogP contribution in [0.2, 0.25) is 0 Å². The molecule has 0 aliphatic carbocycles. The highest BCUT2D eigenvalue weighted by atomic mass is 19.3. The fourth-order valence-electron chi connectivity index (χ4n) is 2.57. The van der Waals surface area contributed by atoms with Gasteiger partial charge in [-0.1, -0.05) is 18.2 Å². The van der Waals surface area contributed by atoms with Crippen molar-refractivity contribution in [2.75, 3.05) is 14.2 Å². The van der Waals surface area contributed by atoms with Crippen molar-refractivity contribution in [3.63, 3.8) is 0 Å². The molecular formula is C17H15F2N3O7. The number of hydrogen-bond donors (Lipinski definition) is 0. The Kier molecular flexibility index (Phi) is 6.59. The van der Waals surface area contributed by atoms with E-state index >= 15 is 0 Å². The molecule has 0 heterocycles. The van der Waals surface area contributed by atoms with Crippen LogP contribution in [0.25, 0.3) is 0 Å². The molecule has 0 aliphatic heterocycles. The zero-order valence-electron chi connectivity index (χ0n) is 15.2. The highest BCUT2D eigenvalue weighted by molar-refractivity contribution is 5.99. The van der Waals surface area contributed by atoms with E-state index in [1.807, 2.05) is 0 Å². The number of para-hydroxylation sites is 1. The fraction of sp³-hybridized carbons (Fsp3) is 0.235. The average Bonchev–Trinajstić information content (AvgIpc) is 2.66. The number of methoxy groups -OCH3 is 1. The van der Waals surface area contributed by atoms with Crippen molar-refractivity contribution in [2.24, 2.45) is 0 Å². The number of nitro groups is 2. The van der Waals surface area contributed by atoms with Crippen LogP contribution >= 0.6 is 0 Å². The van der Waals surface area contributed by atoms with E-state index < -0.39 is 39.4 Å². The van der Waals surface area contributed by atoms with Crippen LogP contribution in [0.5, 0.6) is 11.5 Å². The lowest BCUT2D eigenvalue weighted by Crippen LogP contribution is -2.27. The highest BCUT2D eigenvalue weighted by Crippen LogP contribution is 2.36. The molecule has 0 aliphatic rings. The van der Waals surface area contributed by atoms with Gasteiger partial charge in [0, 0.05) is 24.7 Å². The van der Waals surface area contributed by atoms with Crippen molar-refractivity contribution in [3.05, 3.63) is 67.8 Å². The number of carbonyl (C=O) groups excluding carboxylic acids is 1. The molecule has 2 rings (SSSR count). The quantitative estimate of drug-likeness (QED) is 0.481. The zero-order chi connectivity index (χ0) is 21.7. The normalized spacial score (nSPS) is 10.5. The minimum atomic E-state index is -3.26. The molecule has 2 aromatic rings. The van der Waals surface area contributed by atoms with Crippen LogP contribution in [-0.2, 0) is 6.54 Å². The van der Waals surface area contributed by atoms with Crippen LogP contribution in [0, 0.1) is 20.2 Å². The SMILES string of the molecule is COc1cc(C(=O)N(C)Cc2ccccc2[N+](=O)[O-])c([N+](=O)[O-])cc1OC(F)F. The molecule has 29 heavy (non-hydrogen) atoms. The molecule has 0 atom stereocenters. The molecule has 0 spiro atoms. The van der Waals surface area contributed by atoms with Crippen molar-refractivity contribution < 1.29 is 32.9 Å². The van der Waals surface area contributed by atoms with Crippen LogP contribution < -0.4 is 9.47 Å². The second kappa shape index (κ2) is 8.91. The summed E-state index contributed by atoms with van der Waals surface area (Å²) in [4.78, 5) is 34.7. The van der Waals surface area contributed by atoms with E-state index in [2.05, 4.69) is 4.74 Å². The van der Waals surface area contributed by atoms with Crippen LogP contribution in [0.1, 0.15) is 15.9 Å². The van der Waals surface area contributed by atoms with Crippen molar-refractivity contribution in [1.82, 2.24) is 4.90 Å². The van der Waals surface area contributed by atoms with Crippen molar-refractivity contribution in [3.8, 4) is 11.5 Å². The Morgan fingerprint density at radius 2 is 1.72 bits per heavy atom. The number of halogens is 2. The third kappa shape index (κ3) is 4.91. The monoisotopic (exact) mass is 411 g/mol. The first-order chi connectivity index (χ1) is 13.6. The van der Waals surface area contributed by atoms with Crippen LogP contribution in [0.15, 0.2) is 36.4 Å². The summed E-state index contributed by atoms with van der Waals surface area (Å²) in [6, 6.07) is 7.28. The van der Waals surface area contributed by atoms with E-state index in [9.17, 15) is 33.8 Å². The fourth-order valence-corrected chi connectivity index (χ4v) is 2.57. The molecular weight excluding hydrogens is 396 g/mol. The zero-order valence-corrected chi connectivity index (χ0v) is 15.2. The number of alkyl halides is 2. The molecule has 0 aromatic heterocycles. The predicted octanol–water partition coefficient (Wildman–Crippen LogP) is 3.39. The largest absolute Gasteiger partial charge is 0.493 e. The molecule has 154 valence electrons. The van der Waals surface area contributed by atoms with Gasteiger partial charge < -0.3 is 14.4 Å². The second-order valence-electron chi connectivity index (χ2n) is 5.70. The summed E-state index contributed by atoms with van der Waals surface area (Å²) in [6.45, 7) is -3.48. The van der Waals surface area contributed by atoms with Gasteiger partial charge in [0.25, 0.3) is 17.3 Å². The van der Waals surface area contributed by atoms with Crippen molar-refractivity contribution >= 4 is 17.3 Å². The third-order valence-electron chi connectivity index (χ3n) is 3.87. The Bertz CT molecular complexity index is 953. The summed E-state index contributed by atoms with van der Waals surface area (Å²) in [5, 5.41) is 22.5. The van der Waals surface area contributed by atoms with Gasteiger partial charge in [-0.15, -0.1) is 0 Å². The number of amides is 1. The maximum Gasteiger partial charge on any atom is 0.387 e. The van der Waals surface area contributed by atoms with E-state index in [1.165, 1.54) is 25.2 Å². The first-order valence-corrected chi connectivity index (χ1v) is 7.94. The Hall–Kier alpha value is -3.83. The first kappa shape index (κ1) is 21.5. The van der Waals surface area contributed by atoms with Gasteiger partial charge in [0.05, 0.1) is 29.6 Å². The van der Waals surface area contributed by atoms with Gasteiger partial charge in [0.2, 0.25) is 0 Å².